The van der Waals surface area contributed by atoms with E-state index < -0.39 is 0 Å². The van der Waals surface area contributed by atoms with Gasteiger partial charge in [-0.1, -0.05) is 30.3 Å². The number of amides is 2. The third-order valence-corrected chi connectivity index (χ3v) is 4.57. The van der Waals surface area contributed by atoms with E-state index in [4.69, 9.17) is 4.74 Å². The summed E-state index contributed by atoms with van der Waals surface area (Å²) in [6, 6.07) is 9.64. The van der Waals surface area contributed by atoms with Crippen LogP contribution in [0.2, 0.25) is 0 Å². The molecule has 1 aromatic carbocycles. The van der Waals surface area contributed by atoms with Gasteiger partial charge in [-0.3, -0.25) is 9.59 Å². The molecule has 0 unspecified atom stereocenters. The lowest BCUT2D eigenvalue weighted by atomic mass is 10.1. The van der Waals surface area contributed by atoms with Gasteiger partial charge in [-0.25, -0.2) is 9.97 Å². The van der Waals surface area contributed by atoms with E-state index in [2.05, 4.69) is 15.3 Å². The monoisotopic (exact) mass is 397 g/mol. The summed E-state index contributed by atoms with van der Waals surface area (Å²) < 4.78 is 5.34. The number of nitrogens with one attached hydrogen (secondary N) is 1. The number of benzene rings is 1. The number of morpholine rings is 1. The third kappa shape index (κ3) is 5.82. The van der Waals surface area contributed by atoms with Crippen molar-refractivity contribution in [3.05, 3.63) is 47.8 Å². The minimum atomic E-state index is -0.0949. The molecule has 8 heteroatoms. The Labute approximate surface area is 170 Å². The first kappa shape index (κ1) is 20.9. The van der Waals surface area contributed by atoms with Gasteiger partial charge < -0.3 is 19.9 Å². The number of hydrogen-bond acceptors (Lipinski definition) is 6. The average molecular weight is 397 g/mol. The van der Waals surface area contributed by atoms with Crippen LogP contribution in [0.3, 0.4) is 0 Å². The van der Waals surface area contributed by atoms with Crippen LogP contribution in [0.1, 0.15) is 16.1 Å². The molecule has 1 aromatic heterocycles. The number of aromatic nitrogens is 2. The molecule has 0 saturated carbocycles. The van der Waals surface area contributed by atoms with E-state index in [0.29, 0.717) is 62.9 Å². The molecule has 1 N–H and O–H groups in total. The first-order valence-electron chi connectivity index (χ1n) is 9.74. The smallest absolute Gasteiger partial charge is 0.257 e. The summed E-state index contributed by atoms with van der Waals surface area (Å²) in [7, 11) is 3.69. The predicted molar refractivity (Wildman–Crippen MR) is 109 cm³/mol. The molecule has 1 aliphatic rings. The number of hydrogen-bond donors (Lipinski definition) is 1. The largest absolute Gasteiger partial charge is 0.378 e. The van der Waals surface area contributed by atoms with Crippen LogP contribution in [0, 0.1) is 0 Å². The summed E-state index contributed by atoms with van der Waals surface area (Å²) in [6.07, 6.45) is 2.05. The summed E-state index contributed by atoms with van der Waals surface area (Å²) >= 11 is 0. The summed E-state index contributed by atoms with van der Waals surface area (Å²) in [5.41, 5.74) is 2.00. The molecule has 0 radical (unpaired) electrons. The van der Waals surface area contributed by atoms with Crippen LogP contribution in [0.4, 0.5) is 0 Å². The van der Waals surface area contributed by atoms with Crippen LogP contribution >= 0.6 is 0 Å². The van der Waals surface area contributed by atoms with E-state index in [9.17, 15) is 9.59 Å². The molecule has 0 atom stereocenters. The molecule has 2 heterocycles. The van der Waals surface area contributed by atoms with Gasteiger partial charge in [-0.15, -0.1) is 0 Å². The topological polar surface area (TPSA) is 87.7 Å². The molecule has 0 bridgehead atoms. The fourth-order valence-corrected chi connectivity index (χ4v) is 3.11. The van der Waals surface area contributed by atoms with E-state index in [1.807, 2.05) is 44.4 Å². The standard InChI is InChI=1S/C21H27N5O3/c1-25(2)15-19(27)22-9-8-18-17(21(28)26-10-12-29-13-11-26)14-23-20(24-18)16-6-4-3-5-7-16/h3-7,14H,8-13,15H2,1-2H3,(H,22,27). The Balaban J connectivity index is 1.80. The summed E-state index contributed by atoms with van der Waals surface area (Å²) in [5.74, 6) is 0.412. The van der Waals surface area contributed by atoms with Gasteiger partial charge in [0.15, 0.2) is 5.82 Å². The summed E-state index contributed by atoms with van der Waals surface area (Å²) in [6.45, 7) is 2.89. The molecule has 8 nitrogen and oxygen atoms in total. The molecule has 0 aliphatic carbocycles. The van der Waals surface area contributed by atoms with Crippen molar-refractivity contribution in [3.63, 3.8) is 0 Å². The highest BCUT2D eigenvalue weighted by Crippen LogP contribution is 2.18. The highest BCUT2D eigenvalue weighted by Gasteiger charge is 2.23. The van der Waals surface area contributed by atoms with Crippen LogP contribution in [-0.4, -0.2) is 85.1 Å². The molecule has 0 spiro atoms. The lowest BCUT2D eigenvalue weighted by Crippen LogP contribution is -2.41. The average Bonchev–Trinajstić information content (AvgIpc) is 2.74. The lowest BCUT2D eigenvalue weighted by molar-refractivity contribution is -0.121. The van der Waals surface area contributed by atoms with Gasteiger partial charge in [0.2, 0.25) is 5.91 Å². The molecular formula is C21H27N5O3. The van der Waals surface area contributed by atoms with Crippen LogP contribution in [0.5, 0.6) is 0 Å². The second-order valence-corrected chi connectivity index (χ2v) is 7.16. The Bertz CT molecular complexity index is 835. The molecule has 3 rings (SSSR count). The Morgan fingerprint density at radius 2 is 1.90 bits per heavy atom. The molecule has 2 aromatic rings. The minimum Gasteiger partial charge on any atom is -0.378 e. The Kier molecular flexibility index (Phi) is 7.26. The van der Waals surface area contributed by atoms with Gasteiger partial charge in [0.1, 0.15) is 0 Å². The SMILES string of the molecule is CN(C)CC(=O)NCCc1nc(-c2ccccc2)ncc1C(=O)N1CCOCC1. The number of ether oxygens (including phenoxy) is 1. The molecule has 1 saturated heterocycles. The van der Waals surface area contributed by atoms with Gasteiger partial charge in [0, 0.05) is 37.8 Å². The number of carbonyl (C=O) groups excluding carboxylic acids is 2. The minimum absolute atomic E-state index is 0.0617. The summed E-state index contributed by atoms with van der Waals surface area (Å²) in [4.78, 5) is 37.6. The second-order valence-electron chi connectivity index (χ2n) is 7.16. The van der Waals surface area contributed by atoms with Crippen molar-refractivity contribution in [1.82, 2.24) is 25.1 Å². The highest BCUT2D eigenvalue weighted by atomic mass is 16.5. The van der Waals surface area contributed by atoms with Crippen molar-refractivity contribution < 1.29 is 14.3 Å². The van der Waals surface area contributed by atoms with Crippen LogP contribution in [-0.2, 0) is 16.0 Å². The van der Waals surface area contributed by atoms with Crippen LogP contribution in [0.15, 0.2) is 36.5 Å². The van der Waals surface area contributed by atoms with Crippen molar-refractivity contribution in [2.24, 2.45) is 0 Å². The zero-order valence-electron chi connectivity index (χ0n) is 16.9. The normalized spacial score (nSPS) is 14.1. The lowest BCUT2D eigenvalue weighted by Gasteiger charge is -2.27. The van der Waals surface area contributed by atoms with E-state index in [0.717, 1.165) is 5.56 Å². The molecule has 1 fully saturated rings. The first-order chi connectivity index (χ1) is 14.0. The van der Waals surface area contributed by atoms with Gasteiger partial charge in [-0.05, 0) is 14.1 Å². The number of carbonyl (C=O) groups is 2. The van der Waals surface area contributed by atoms with Crippen molar-refractivity contribution in [2.75, 3.05) is 53.5 Å². The van der Waals surface area contributed by atoms with Crippen molar-refractivity contribution in [1.29, 1.82) is 0 Å². The van der Waals surface area contributed by atoms with Crippen molar-refractivity contribution in [3.8, 4) is 11.4 Å². The quantitative estimate of drug-likeness (QED) is 0.745. The van der Waals surface area contributed by atoms with Gasteiger partial charge in [0.05, 0.1) is 31.0 Å². The summed E-state index contributed by atoms with van der Waals surface area (Å²) in [5, 5.41) is 2.88. The third-order valence-electron chi connectivity index (χ3n) is 4.57. The number of rotatable bonds is 7. The maximum atomic E-state index is 13.0. The molecule has 29 heavy (non-hydrogen) atoms. The molecule has 154 valence electrons. The Morgan fingerprint density at radius 1 is 1.17 bits per heavy atom. The predicted octanol–water partition coefficient (Wildman–Crippen LogP) is 0.836. The Morgan fingerprint density at radius 3 is 2.59 bits per heavy atom. The number of likely N-dealkylation sites (N-methyl/N-ethyl adjacent to an activating group) is 1. The Hall–Kier alpha value is -2.84. The molecule has 2 amide bonds. The van der Waals surface area contributed by atoms with E-state index in [1.54, 1.807) is 16.0 Å². The fraction of sp³-hybridized carbons (Fsp3) is 0.429. The molecular weight excluding hydrogens is 370 g/mol. The zero-order valence-corrected chi connectivity index (χ0v) is 16.9. The van der Waals surface area contributed by atoms with Crippen LogP contribution < -0.4 is 5.32 Å². The molecule has 1 aliphatic heterocycles. The van der Waals surface area contributed by atoms with Crippen molar-refractivity contribution in [2.45, 2.75) is 6.42 Å². The second kappa shape index (κ2) is 10.1. The van der Waals surface area contributed by atoms with Crippen LogP contribution in [0.25, 0.3) is 11.4 Å². The van der Waals surface area contributed by atoms with E-state index in [-0.39, 0.29) is 11.8 Å². The zero-order chi connectivity index (χ0) is 20.6. The van der Waals surface area contributed by atoms with Gasteiger partial charge in [0.25, 0.3) is 5.91 Å². The van der Waals surface area contributed by atoms with E-state index in [1.165, 1.54) is 0 Å². The highest BCUT2D eigenvalue weighted by molar-refractivity contribution is 5.95. The first-order valence-corrected chi connectivity index (χ1v) is 9.74. The van der Waals surface area contributed by atoms with Crippen molar-refractivity contribution >= 4 is 11.8 Å². The van der Waals surface area contributed by atoms with Gasteiger partial charge in [-0.2, -0.15) is 0 Å². The number of nitrogens with zero attached hydrogens (tertiary/aromatic N) is 4. The fourth-order valence-electron chi connectivity index (χ4n) is 3.11. The van der Waals surface area contributed by atoms with Gasteiger partial charge >= 0.3 is 0 Å². The van der Waals surface area contributed by atoms with E-state index >= 15 is 0 Å². The maximum Gasteiger partial charge on any atom is 0.257 e. The maximum absolute atomic E-state index is 13.0.